The summed E-state index contributed by atoms with van der Waals surface area (Å²) in [5.74, 6) is 3.51. The van der Waals surface area contributed by atoms with Crippen LogP contribution in [0.2, 0.25) is 0 Å². The summed E-state index contributed by atoms with van der Waals surface area (Å²) in [7, 11) is 0. The lowest BCUT2D eigenvalue weighted by Crippen LogP contribution is -2.11. The second-order valence-electron chi connectivity index (χ2n) is 5.02. The van der Waals surface area contributed by atoms with Crippen LogP contribution < -0.4 is 0 Å². The number of rotatable bonds is 3. The van der Waals surface area contributed by atoms with Gasteiger partial charge in [0.05, 0.1) is 0 Å². The molecule has 0 heteroatoms. The highest BCUT2D eigenvalue weighted by molar-refractivity contribution is 5.11. The summed E-state index contributed by atoms with van der Waals surface area (Å²) in [5.41, 5.74) is 1.35. The Kier molecular flexibility index (Phi) is 2.31. The average molecular weight is 176 g/mol. The summed E-state index contributed by atoms with van der Waals surface area (Å²) in [6.45, 7) is 8.52. The van der Waals surface area contributed by atoms with Crippen LogP contribution in [0.15, 0.2) is 24.3 Å². The van der Waals surface area contributed by atoms with E-state index in [0.29, 0.717) is 0 Å². The molecule has 0 nitrogen and oxygen atoms in total. The molecule has 2 aliphatic carbocycles. The van der Waals surface area contributed by atoms with E-state index in [2.05, 4.69) is 32.6 Å². The Labute approximate surface area is 81.7 Å². The van der Waals surface area contributed by atoms with Gasteiger partial charge in [-0.2, -0.15) is 0 Å². The smallest absolute Gasteiger partial charge is 0.0199 e. The van der Waals surface area contributed by atoms with Crippen molar-refractivity contribution in [2.45, 2.75) is 33.1 Å². The number of allylic oxidation sites excluding steroid dienone is 3. The minimum absolute atomic E-state index is 0.720. The van der Waals surface area contributed by atoms with Gasteiger partial charge in [-0.1, -0.05) is 31.2 Å². The average Bonchev–Trinajstić information content (AvgIpc) is 2.64. The normalized spacial score (nSPS) is 38.2. The lowest BCUT2D eigenvalue weighted by atomic mass is 9.83. The van der Waals surface area contributed by atoms with Gasteiger partial charge in [0.1, 0.15) is 0 Å². The third-order valence-electron chi connectivity index (χ3n) is 3.91. The summed E-state index contributed by atoms with van der Waals surface area (Å²) in [6.07, 6.45) is 9.11. The summed E-state index contributed by atoms with van der Waals surface area (Å²) in [4.78, 5) is 0. The molecule has 0 aliphatic heterocycles. The van der Waals surface area contributed by atoms with Gasteiger partial charge in [-0.15, -0.1) is 0 Å². The molecule has 4 unspecified atom stereocenters. The van der Waals surface area contributed by atoms with Gasteiger partial charge in [0.15, 0.2) is 0 Å². The molecule has 0 spiro atoms. The minimum atomic E-state index is 0.720. The molecule has 0 aromatic rings. The summed E-state index contributed by atoms with van der Waals surface area (Å²) in [5, 5.41) is 0. The molecule has 1 saturated carbocycles. The first-order valence-electron chi connectivity index (χ1n) is 5.50. The van der Waals surface area contributed by atoms with E-state index in [1.807, 2.05) is 0 Å². The fourth-order valence-corrected chi connectivity index (χ4v) is 2.82. The van der Waals surface area contributed by atoms with Gasteiger partial charge in [-0.25, -0.2) is 0 Å². The summed E-state index contributed by atoms with van der Waals surface area (Å²) >= 11 is 0. The van der Waals surface area contributed by atoms with Crippen molar-refractivity contribution in [2.75, 3.05) is 0 Å². The van der Waals surface area contributed by atoms with E-state index in [1.165, 1.54) is 24.8 Å². The zero-order chi connectivity index (χ0) is 9.42. The van der Waals surface area contributed by atoms with E-state index >= 15 is 0 Å². The molecule has 13 heavy (non-hydrogen) atoms. The van der Waals surface area contributed by atoms with Crippen molar-refractivity contribution in [1.82, 2.24) is 0 Å². The topological polar surface area (TPSA) is 0 Å². The molecule has 0 amide bonds. The second kappa shape index (κ2) is 3.32. The maximum Gasteiger partial charge on any atom is -0.0199 e. The lowest BCUT2D eigenvalue weighted by molar-refractivity contribution is 0.369. The van der Waals surface area contributed by atoms with Crippen molar-refractivity contribution in [3.05, 3.63) is 24.3 Å². The largest absolute Gasteiger partial charge is 0.0999 e. The maximum atomic E-state index is 4.04. The molecule has 1 fully saturated rings. The van der Waals surface area contributed by atoms with Crippen molar-refractivity contribution < 1.29 is 0 Å². The summed E-state index contributed by atoms with van der Waals surface area (Å²) < 4.78 is 0. The van der Waals surface area contributed by atoms with Gasteiger partial charge in [-0.05, 0) is 49.9 Å². The molecule has 0 N–H and O–H groups in total. The zero-order valence-electron chi connectivity index (χ0n) is 8.79. The van der Waals surface area contributed by atoms with Crippen LogP contribution in [0, 0.1) is 23.7 Å². The van der Waals surface area contributed by atoms with Gasteiger partial charge in [0.2, 0.25) is 0 Å². The fourth-order valence-electron chi connectivity index (χ4n) is 2.82. The molecule has 72 valence electrons. The predicted molar refractivity (Wildman–Crippen MR) is 57.4 cm³/mol. The van der Waals surface area contributed by atoms with Crippen LogP contribution in [0.3, 0.4) is 0 Å². The quantitative estimate of drug-likeness (QED) is 0.574. The molecular formula is C13H20. The molecule has 0 saturated heterocycles. The molecule has 0 heterocycles. The van der Waals surface area contributed by atoms with Crippen molar-refractivity contribution in [2.24, 2.45) is 23.7 Å². The number of fused-ring (bicyclic) bond motifs is 2. The van der Waals surface area contributed by atoms with Crippen LogP contribution in [0.25, 0.3) is 0 Å². The van der Waals surface area contributed by atoms with Gasteiger partial charge in [0, 0.05) is 0 Å². The van der Waals surface area contributed by atoms with Gasteiger partial charge >= 0.3 is 0 Å². The predicted octanol–water partition coefficient (Wildman–Crippen LogP) is 3.80. The lowest BCUT2D eigenvalue weighted by Gasteiger charge is -2.22. The molecule has 0 radical (unpaired) electrons. The van der Waals surface area contributed by atoms with Crippen molar-refractivity contribution in [1.29, 1.82) is 0 Å². The second-order valence-corrected chi connectivity index (χ2v) is 5.02. The highest BCUT2D eigenvalue weighted by Crippen LogP contribution is 2.46. The molecule has 2 rings (SSSR count). The van der Waals surface area contributed by atoms with E-state index < -0.39 is 0 Å². The van der Waals surface area contributed by atoms with E-state index in [0.717, 1.165) is 23.7 Å². The minimum Gasteiger partial charge on any atom is -0.0999 e. The third kappa shape index (κ3) is 1.72. The fraction of sp³-hybridized carbons (Fsp3) is 0.692. The zero-order valence-corrected chi connectivity index (χ0v) is 8.79. The first-order chi connectivity index (χ1) is 6.16. The van der Waals surface area contributed by atoms with E-state index in [4.69, 9.17) is 0 Å². The van der Waals surface area contributed by atoms with E-state index in [9.17, 15) is 0 Å². The Bertz CT molecular complexity index is 236. The highest BCUT2D eigenvalue weighted by Gasteiger charge is 2.35. The van der Waals surface area contributed by atoms with Crippen LogP contribution in [0.1, 0.15) is 33.1 Å². The van der Waals surface area contributed by atoms with E-state index in [-0.39, 0.29) is 0 Å². The highest BCUT2D eigenvalue weighted by atomic mass is 14.4. The molecule has 2 aliphatic rings. The number of hydrogen-bond acceptors (Lipinski definition) is 0. The summed E-state index contributed by atoms with van der Waals surface area (Å²) in [6, 6.07) is 0. The number of hydrogen-bond donors (Lipinski definition) is 0. The molecule has 2 bridgehead atoms. The Morgan fingerprint density at radius 1 is 1.46 bits per heavy atom. The molecular weight excluding hydrogens is 156 g/mol. The van der Waals surface area contributed by atoms with Gasteiger partial charge < -0.3 is 0 Å². The van der Waals surface area contributed by atoms with Crippen LogP contribution in [-0.2, 0) is 0 Å². The Morgan fingerprint density at radius 2 is 2.23 bits per heavy atom. The molecule has 0 aromatic heterocycles. The van der Waals surface area contributed by atoms with Crippen LogP contribution >= 0.6 is 0 Å². The van der Waals surface area contributed by atoms with E-state index in [1.54, 1.807) is 0 Å². The Balaban J connectivity index is 1.90. The van der Waals surface area contributed by atoms with Crippen molar-refractivity contribution >= 4 is 0 Å². The Hall–Kier alpha value is -0.520. The van der Waals surface area contributed by atoms with Crippen LogP contribution in [-0.4, -0.2) is 0 Å². The molecule has 4 atom stereocenters. The monoisotopic (exact) mass is 176 g/mol. The van der Waals surface area contributed by atoms with Crippen molar-refractivity contribution in [3.8, 4) is 0 Å². The van der Waals surface area contributed by atoms with Crippen LogP contribution in [0.4, 0.5) is 0 Å². The first kappa shape index (κ1) is 9.05. The third-order valence-corrected chi connectivity index (χ3v) is 3.91. The van der Waals surface area contributed by atoms with Gasteiger partial charge in [0.25, 0.3) is 0 Å². The van der Waals surface area contributed by atoms with Crippen LogP contribution in [0.5, 0.6) is 0 Å². The maximum absolute atomic E-state index is 4.04. The Morgan fingerprint density at radius 3 is 2.69 bits per heavy atom. The standard InChI is InChI=1S/C13H20/c1-9(2)10(3)6-13-8-11-4-5-12(13)7-11/h4-5,10-13H,1,6-8H2,2-3H3. The van der Waals surface area contributed by atoms with Crippen molar-refractivity contribution in [3.63, 3.8) is 0 Å². The first-order valence-corrected chi connectivity index (χ1v) is 5.50. The molecule has 0 aromatic carbocycles. The van der Waals surface area contributed by atoms with Gasteiger partial charge in [-0.3, -0.25) is 0 Å². The SMILES string of the molecule is C=C(C)C(C)CC1CC2C=CC1C2.